The number of nitrogens with zero attached hydrogens (tertiary/aromatic N) is 2. The lowest BCUT2D eigenvalue weighted by Gasteiger charge is -2.25. The Bertz CT molecular complexity index is 822. The van der Waals surface area contributed by atoms with Crippen LogP contribution in [0, 0.1) is 0 Å². The molecule has 0 bridgehead atoms. The second-order valence-electron chi connectivity index (χ2n) is 6.48. The summed E-state index contributed by atoms with van der Waals surface area (Å²) in [4.78, 5) is 37.0. The van der Waals surface area contributed by atoms with Crippen molar-refractivity contribution in [2.24, 2.45) is 12.8 Å². The molecule has 0 unspecified atom stereocenters. The highest BCUT2D eigenvalue weighted by Crippen LogP contribution is 2.15. The fraction of sp³-hybridized carbons (Fsp3) is 0.316. The van der Waals surface area contributed by atoms with E-state index in [1.807, 2.05) is 26.0 Å². The minimum atomic E-state index is -0.579. The highest BCUT2D eigenvalue weighted by molar-refractivity contribution is 6.05. The standard InChI is InChI=1S/C19H24N4O3/c1-12(2)23(13(3)24)10-14-5-7-16(8-6-14)21-19(26)17-9-15(18(20)25)11-22(17)4/h5-9,11-12H,10H2,1-4H3,(H2,20,25)(H,21,26). The number of hydrogen-bond acceptors (Lipinski definition) is 3. The van der Waals surface area contributed by atoms with Crippen LogP contribution >= 0.6 is 0 Å². The topological polar surface area (TPSA) is 97.4 Å². The van der Waals surface area contributed by atoms with E-state index in [2.05, 4.69) is 5.32 Å². The first-order valence-corrected chi connectivity index (χ1v) is 8.32. The smallest absolute Gasteiger partial charge is 0.272 e. The summed E-state index contributed by atoms with van der Waals surface area (Å²) in [6.45, 7) is 6.00. The molecule has 0 aliphatic rings. The highest BCUT2D eigenvalue weighted by atomic mass is 16.2. The molecule has 7 heteroatoms. The molecule has 1 aromatic carbocycles. The van der Waals surface area contributed by atoms with E-state index in [0.717, 1.165) is 5.56 Å². The van der Waals surface area contributed by atoms with Gasteiger partial charge in [-0.25, -0.2) is 0 Å². The number of nitrogens with two attached hydrogens (primary N) is 1. The molecule has 0 saturated heterocycles. The van der Waals surface area contributed by atoms with Gasteiger partial charge in [-0.3, -0.25) is 14.4 Å². The molecule has 26 heavy (non-hydrogen) atoms. The van der Waals surface area contributed by atoms with Crippen molar-refractivity contribution in [3.8, 4) is 0 Å². The number of aryl methyl sites for hydroxylation is 1. The summed E-state index contributed by atoms with van der Waals surface area (Å²) in [5.74, 6) is -0.893. The largest absolute Gasteiger partial charge is 0.366 e. The molecule has 1 aromatic heterocycles. The predicted molar refractivity (Wildman–Crippen MR) is 99.7 cm³/mol. The molecule has 0 aliphatic heterocycles. The summed E-state index contributed by atoms with van der Waals surface area (Å²) < 4.78 is 1.55. The molecule has 0 spiro atoms. The number of amides is 3. The number of primary amides is 1. The van der Waals surface area contributed by atoms with Gasteiger partial charge in [-0.2, -0.15) is 0 Å². The van der Waals surface area contributed by atoms with Crippen molar-refractivity contribution in [3.05, 3.63) is 53.3 Å². The van der Waals surface area contributed by atoms with E-state index in [-0.39, 0.29) is 23.4 Å². The first-order valence-electron chi connectivity index (χ1n) is 8.32. The van der Waals surface area contributed by atoms with Gasteiger partial charge in [0.1, 0.15) is 5.69 Å². The average Bonchev–Trinajstić information content (AvgIpc) is 2.95. The van der Waals surface area contributed by atoms with Gasteiger partial charge < -0.3 is 20.5 Å². The van der Waals surface area contributed by atoms with Gasteiger partial charge in [-0.15, -0.1) is 0 Å². The van der Waals surface area contributed by atoms with E-state index in [1.165, 1.54) is 12.3 Å². The minimum Gasteiger partial charge on any atom is -0.366 e. The van der Waals surface area contributed by atoms with Gasteiger partial charge in [0.15, 0.2) is 0 Å². The second-order valence-corrected chi connectivity index (χ2v) is 6.48. The van der Waals surface area contributed by atoms with Crippen molar-refractivity contribution in [2.75, 3.05) is 5.32 Å². The second kappa shape index (κ2) is 7.86. The van der Waals surface area contributed by atoms with E-state index in [1.54, 1.807) is 35.6 Å². The normalized spacial score (nSPS) is 10.7. The zero-order valence-electron chi connectivity index (χ0n) is 15.4. The summed E-state index contributed by atoms with van der Waals surface area (Å²) in [5, 5.41) is 2.78. The molecule has 0 saturated carbocycles. The molecule has 1 heterocycles. The summed E-state index contributed by atoms with van der Waals surface area (Å²) in [5.41, 5.74) is 7.46. The number of anilines is 1. The summed E-state index contributed by atoms with van der Waals surface area (Å²) in [6.07, 6.45) is 1.52. The Labute approximate surface area is 152 Å². The maximum absolute atomic E-state index is 12.4. The molecule has 7 nitrogen and oxygen atoms in total. The Hall–Kier alpha value is -3.09. The molecular weight excluding hydrogens is 332 g/mol. The van der Waals surface area contributed by atoms with Crippen molar-refractivity contribution in [3.63, 3.8) is 0 Å². The summed E-state index contributed by atoms with van der Waals surface area (Å²) in [6, 6.07) is 8.87. The van der Waals surface area contributed by atoms with Crippen molar-refractivity contribution in [1.29, 1.82) is 0 Å². The van der Waals surface area contributed by atoms with E-state index in [4.69, 9.17) is 5.73 Å². The van der Waals surface area contributed by atoms with E-state index in [9.17, 15) is 14.4 Å². The van der Waals surface area contributed by atoms with Crippen LogP contribution in [0.5, 0.6) is 0 Å². The number of carbonyl (C=O) groups excluding carboxylic acids is 3. The number of carbonyl (C=O) groups is 3. The van der Waals surface area contributed by atoms with Crippen LogP contribution in [-0.4, -0.2) is 33.2 Å². The van der Waals surface area contributed by atoms with Gasteiger partial charge in [-0.1, -0.05) is 12.1 Å². The molecule has 0 aliphatic carbocycles. The first-order chi connectivity index (χ1) is 12.2. The van der Waals surface area contributed by atoms with Gasteiger partial charge in [-0.05, 0) is 37.6 Å². The minimum absolute atomic E-state index is 0.0198. The Balaban J connectivity index is 2.08. The Kier molecular flexibility index (Phi) is 5.82. The van der Waals surface area contributed by atoms with Gasteiger partial charge in [0.2, 0.25) is 11.8 Å². The lowest BCUT2D eigenvalue weighted by molar-refractivity contribution is -0.131. The zero-order chi connectivity index (χ0) is 19.4. The predicted octanol–water partition coefficient (Wildman–Crippen LogP) is 2.13. The molecule has 0 radical (unpaired) electrons. The first kappa shape index (κ1) is 19.2. The van der Waals surface area contributed by atoms with Crippen LogP contribution < -0.4 is 11.1 Å². The van der Waals surface area contributed by atoms with Crippen LogP contribution in [0.3, 0.4) is 0 Å². The van der Waals surface area contributed by atoms with E-state index >= 15 is 0 Å². The van der Waals surface area contributed by atoms with Gasteiger partial charge in [0.25, 0.3) is 5.91 Å². The van der Waals surface area contributed by atoms with Gasteiger partial charge in [0, 0.05) is 38.4 Å². The van der Waals surface area contributed by atoms with Crippen LogP contribution in [0.15, 0.2) is 36.5 Å². The van der Waals surface area contributed by atoms with Crippen molar-refractivity contribution >= 4 is 23.4 Å². The van der Waals surface area contributed by atoms with Gasteiger partial charge in [0.05, 0.1) is 5.56 Å². The van der Waals surface area contributed by atoms with Gasteiger partial charge >= 0.3 is 0 Å². The molecule has 0 fully saturated rings. The van der Waals surface area contributed by atoms with E-state index in [0.29, 0.717) is 17.9 Å². The van der Waals surface area contributed by atoms with E-state index < -0.39 is 5.91 Å². The zero-order valence-corrected chi connectivity index (χ0v) is 15.4. The molecule has 3 N–H and O–H groups in total. The summed E-state index contributed by atoms with van der Waals surface area (Å²) in [7, 11) is 1.67. The number of aromatic nitrogens is 1. The molecule has 2 aromatic rings. The van der Waals surface area contributed by atoms with Crippen molar-refractivity contribution in [2.45, 2.75) is 33.4 Å². The number of benzene rings is 1. The maximum Gasteiger partial charge on any atom is 0.272 e. The summed E-state index contributed by atoms with van der Waals surface area (Å²) >= 11 is 0. The third-order valence-corrected chi connectivity index (χ3v) is 4.11. The van der Waals surface area contributed by atoms with Crippen LogP contribution in [0.1, 0.15) is 47.2 Å². The molecule has 2 rings (SSSR count). The van der Waals surface area contributed by atoms with Crippen LogP contribution in [-0.2, 0) is 18.4 Å². The highest BCUT2D eigenvalue weighted by Gasteiger charge is 2.15. The number of rotatable bonds is 6. The quantitative estimate of drug-likeness (QED) is 0.829. The maximum atomic E-state index is 12.4. The fourth-order valence-corrected chi connectivity index (χ4v) is 2.67. The molecule has 0 atom stereocenters. The third kappa shape index (κ3) is 4.50. The SMILES string of the molecule is CC(=O)N(Cc1ccc(NC(=O)c2cc(C(N)=O)cn2C)cc1)C(C)C. The van der Waals surface area contributed by atoms with Crippen LogP contribution in [0.2, 0.25) is 0 Å². The Morgan fingerprint density at radius 3 is 2.27 bits per heavy atom. The monoisotopic (exact) mass is 356 g/mol. The van der Waals surface area contributed by atoms with Crippen molar-refractivity contribution in [1.82, 2.24) is 9.47 Å². The average molecular weight is 356 g/mol. The third-order valence-electron chi connectivity index (χ3n) is 4.11. The van der Waals surface area contributed by atoms with Crippen molar-refractivity contribution < 1.29 is 14.4 Å². The van der Waals surface area contributed by atoms with Crippen LogP contribution in [0.4, 0.5) is 5.69 Å². The Morgan fingerprint density at radius 1 is 1.19 bits per heavy atom. The number of nitrogens with one attached hydrogen (secondary N) is 1. The molecular formula is C19H24N4O3. The lowest BCUT2D eigenvalue weighted by Crippen LogP contribution is -2.34. The molecule has 138 valence electrons. The van der Waals surface area contributed by atoms with Crippen LogP contribution in [0.25, 0.3) is 0 Å². The fourth-order valence-electron chi connectivity index (χ4n) is 2.67. The Morgan fingerprint density at radius 2 is 1.81 bits per heavy atom. The number of hydrogen-bond donors (Lipinski definition) is 2. The lowest BCUT2D eigenvalue weighted by atomic mass is 10.1. The molecule has 3 amide bonds.